The minimum absolute atomic E-state index is 0.102. The average molecular weight is 393 g/mol. The number of hydrogen-bond acceptors (Lipinski definition) is 6. The number of nitrogens with one attached hydrogen (secondary N) is 1. The van der Waals surface area contributed by atoms with Gasteiger partial charge < -0.3 is 10.4 Å². The van der Waals surface area contributed by atoms with E-state index in [4.69, 9.17) is 5.11 Å². The maximum Gasteiger partial charge on any atom is 0.325 e. The summed E-state index contributed by atoms with van der Waals surface area (Å²) < 4.78 is 26.3. The molecule has 27 heavy (non-hydrogen) atoms. The van der Waals surface area contributed by atoms with Crippen molar-refractivity contribution >= 4 is 27.6 Å². The third-order valence-electron chi connectivity index (χ3n) is 4.13. The lowest BCUT2D eigenvalue weighted by Crippen LogP contribution is -2.34. The molecule has 2 N–H and O–H groups in total. The molecule has 1 aliphatic heterocycles. The molecule has 144 valence electrons. The lowest BCUT2D eigenvalue weighted by atomic mass is 10.0. The minimum atomic E-state index is -3.35. The second-order valence-electron chi connectivity index (χ2n) is 6.27. The Hall–Kier alpha value is -2.95. The molecule has 3 rings (SSSR count). The van der Waals surface area contributed by atoms with Gasteiger partial charge in [-0.2, -0.15) is 0 Å². The minimum Gasteiger partial charge on any atom is -0.480 e. The van der Waals surface area contributed by atoms with Crippen LogP contribution in [-0.2, 0) is 34.3 Å². The monoisotopic (exact) mass is 393 g/mol. The van der Waals surface area contributed by atoms with Gasteiger partial charge in [0.1, 0.15) is 12.2 Å². The van der Waals surface area contributed by atoms with Gasteiger partial charge in [-0.3, -0.25) is 13.9 Å². The zero-order chi connectivity index (χ0) is 19.6. The first-order valence-corrected chi connectivity index (χ1v) is 10.1. The molecule has 0 saturated carbocycles. The summed E-state index contributed by atoms with van der Waals surface area (Å²) in [6.45, 7) is 0.233. The zero-order valence-electron chi connectivity index (χ0n) is 14.6. The number of carbonyl (C=O) groups excluding carboxylic acids is 1. The van der Waals surface area contributed by atoms with Gasteiger partial charge in [-0.15, -0.1) is 5.10 Å². The Kier molecular flexibility index (Phi) is 5.13. The van der Waals surface area contributed by atoms with Gasteiger partial charge in [0.2, 0.25) is 10.0 Å². The summed E-state index contributed by atoms with van der Waals surface area (Å²) >= 11 is 0. The Morgan fingerprint density at radius 2 is 2.11 bits per heavy atom. The number of hydrogen-bond donors (Lipinski definition) is 2. The molecular weight excluding hydrogens is 374 g/mol. The summed E-state index contributed by atoms with van der Waals surface area (Å²) in [7, 11) is -3.35. The third kappa shape index (κ3) is 4.42. The van der Waals surface area contributed by atoms with Crippen LogP contribution < -0.4 is 9.62 Å². The van der Waals surface area contributed by atoms with Crippen LogP contribution in [-0.4, -0.2) is 53.2 Å². The number of amides is 1. The largest absolute Gasteiger partial charge is 0.480 e. The molecule has 0 fully saturated rings. The molecule has 0 atom stereocenters. The van der Waals surface area contributed by atoms with E-state index in [1.54, 1.807) is 18.2 Å². The predicted octanol–water partition coefficient (Wildman–Crippen LogP) is 0.00490. The summed E-state index contributed by atoms with van der Waals surface area (Å²) in [5.74, 6) is -1.37. The Labute approximate surface area is 155 Å². The molecule has 0 unspecified atom stereocenters. The highest BCUT2D eigenvalue weighted by molar-refractivity contribution is 7.92. The highest BCUT2D eigenvalue weighted by atomic mass is 32.2. The number of carboxylic acids is 1. The normalized spacial score (nSPS) is 13.9. The molecule has 0 spiro atoms. The average Bonchev–Trinajstić information content (AvgIpc) is 3.04. The van der Waals surface area contributed by atoms with Crippen LogP contribution in [0.1, 0.15) is 28.0 Å². The van der Waals surface area contributed by atoms with Gasteiger partial charge in [-0.05, 0) is 36.6 Å². The number of benzene rings is 1. The molecular formula is C16H19N5O5S. The fourth-order valence-electron chi connectivity index (χ4n) is 2.96. The van der Waals surface area contributed by atoms with Crippen LogP contribution in [0.2, 0.25) is 0 Å². The number of rotatable bonds is 6. The first-order chi connectivity index (χ1) is 12.7. The third-order valence-corrected chi connectivity index (χ3v) is 5.31. The molecule has 2 heterocycles. The van der Waals surface area contributed by atoms with Crippen molar-refractivity contribution in [3.05, 3.63) is 41.2 Å². The highest BCUT2D eigenvalue weighted by Gasteiger charge is 2.24. The van der Waals surface area contributed by atoms with Crippen molar-refractivity contribution in [2.45, 2.75) is 25.9 Å². The highest BCUT2D eigenvalue weighted by Crippen LogP contribution is 2.29. The predicted molar refractivity (Wildman–Crippen MR) is 95.8 cm³/mol. The van der Waals surface area contributed by atoms with Gasteiger partial charge in [0.25, 0.3) is 5.91 Å². The van der Waals surface area contributed by atoms with E-state index in [2.05, 4.69) is 15.6 Å². The molecule has 1 aliphatic rings. The molecule has 10 nitrogen and oxygen atoms in total. The van der Waals surface area contributed by atoms with Gasteiger partial charge >= 0.3 is 5.97 Å². The van der Waals surface area contributed by atoms with Gasteiger partial charge in [0.05, 0.1) is 24.7 Å². The Morgan fingerprint density at radius 1 is 1.33 bits per heavy atom. The van der Waals surface area contributed by atoms with Crippen molar-refractivity contribution in [1.29, 1.82) is 0 Å². The van der Waals surface area contributed by atoms with Crippen LogP contribution in [0.4, 0.5) is 5.69 Å². The zero-order valence-corrected chi connectivity index (χ0v) is 15.4. The first-order valence-electron chi connectivity index (χ1n) is 8.23. The number of aliphatic carboxylic acids is 1. The quantitative estimate of drug-likeness (QED) is 0.705. The smallest absolute Gasteiger partial charge is 0.325 e. The van der Waals surface area contributed by atoms with Gasteiger partial charge in [0.15, 0.2) is 0 Å². The van der Waals surface area contributed by atoms with E-state index < -0.39 is 16.0 Å². The maximum absolute atomic E-state index is 12.4. The van der Waals surface area contributed by atoms with E-state index in [0.29, 0.717) is 36.3 Å². The second-order valence-corrected chi connectivity index (χ2v) is 8.17. The van der Waals surface area contributed by atoms with Crippen molar-refractivity contribution < 1.29 is 23.1 Å². The van der Waals surface area contributed by atoms with E-state index in [1.165, 1.54) is 21.4 Å². The van der Waals surface area contributed by atoms with Gasteiger partial charge in [-0.1, -0.05) is 5.21 Å². The number of carboxylic acid groups (broad SMARTS) is 1. The fraction of sp³-hybridized carbons (Fsp3) is 0.375. The molecule has 0 bridgehead atoms. The number of fused-ring (bicyclic) bond motifs is 1. The van der Waals surface area contributed by atoms with E-state index in [9.17, 15) is 18.0 Å². The number of anilines is 1. The van der Waals surface area contributed by atoms with Crippen LogP contribution in [0.3, 0.4) is 0 Å². The summed E-state index contributed by atoms with van der Waals surface area (Å²) in [5, 5.41) is 18.9. The van der Waals surface area contributed by atoms with E-state index in [-0.39, 0.29) is 19.0 Å². The Bertz CT molecular complexity index is 985. The van der Waals surface area contributed by atoms with Crippen molar-refractivity contribution in [1.82, 2.24) is 20.3 Å². The molecule has 0 radical (unpaired) electrons. The van der Waals surface area contributed by atoms with Crippen LogP contribution in [0.15, 0.2) is 24.4 Å². The van der Waals surface area contributed by atoms with E-state index in [0.717, 1.165) is 5.56 Å². The molecule has 1 amide bonds. The van der Waals surface area contributed by atoms with Crippen LogP contribution in [0.25, 0.3) is 0 Å². The van der Waals surface area contributed by atoms with Gasteiger partial charge in [0, 0.05) is 12.1 Å². The van der Waals surface area contributed by atoms with Crippen molar-refractivity contribution in [3.63, 3.8) is 0 Å². The lowest BCUT2D eigenvalue weighted by Gasteiger charge is -2.29. The van der Waals surface area contributed by atoms with E-state index >= 15 is 0 Å². The molecule has 1 aromatic heterocycles. The van der Waals surface area contributed by atoms with E-state index in [1.807, 2.05) is 0 Å². The second kappa shape index (κ2) is 7.35. The number of nitrogens with zero attached hydrogens (tertiary/aromatic N) is 4. The number of carbonyl (C=O) groups is 2. The summed E-state index contributed by atoms with van der Waals surface area (Å²) in [5.41, 5.74) is 2.27. The molecule has 11 heteroatoms. The fourth-order valence-corrected chi connectivity index (χ4v) is 3.95. The van der Waals surface area contributed by atoms with Crippen LogP contribution in [0.5, 0.6) is 0 Å². The molecule has 0 saturated heterocycles. The lowest BCUT2D eigenvalue weighted by molar-refractivity contribution is -0.137. The van der Waals surface area contributed by atoms with Crippen molar-refractivity contribution in [2.24, 2.45) is 0 Å². The Morgan fingerprint density at radius 3 is 2.81 bits per heavy atom. The Balaban J connectivity index is 1.69. The summed E-state index contributed by atoms with van der Waals surface area (Å²) in [4.78, 5) is 23.0. The standard InChI is InChI=1S/C16H19N5O5S/c1-27(25,26)21-6-2-3-11-7-12(4-5-14(11)21)16(24)17-8-13-9-20(19-18-13)10-15(22)23/h4-5,7,9H,2-3,6,8,10H2,1H3,(H,17,24)(H,22,23). The SMILES string of the molecule is CS(=O)(=O)N1CCCc2cc(C(=O)NCc3cn(CC(=O)O)nn3)ccc21. The van der Waals surface area contributed by atoms with Crippen LogP contribution in [0, 0.1) is 0 Å². The summed E-state index contributed by atoms with van der Waals surface area (Å²) in [6.07, 6.45) is 4.01. The molecule has 2 aromatic rings. The first kappa shape index (κ1) is 18.8. The summed E-state index contributed by atoms with van der Waals surface area (Å²) in [6, 6.07) is 4.93. The van der Waals surface area contributed by atoms with Crippen molar-refractivity contribution in [2.75, 3.05) is 17.1 Å². The number of aryl methyl sites for hydroxylation is 1. The van der Waals surface area contributed by atoms with Gasteiger partial charge in [-0.25, -0.2) is 13.1 Å². The van der Waals surface area contributed by atoms with Crippen molar-refractivity contribution in [3.8, 4) is 0 Å². The topological polar surface area (TPSA) is 134 Å². The van der Waals surface area contributed by atoms with Crippen LogP contribution >= 0.6 is 0 Å². The maximum atomic E-state index is 12.4. The number of sulfonamides is 1. The molecule has 1 aromatic carbocycles. The number of aromatic nitrogens is 3. The molecule has 0 aliphatic carbocycles.